The molecular weight excluding hydrogens is 230 g/mol. The number of ketones is 1. The van der Waals surface area contributed by atoms with Gasteiger partial charge in [-0.25, -0.2) is 4.79 Å². The Morgan fingerprint density at radius 1 is 1.17 bits per heavy atom. The first-order chi connectivity index (χ1) is 8.36. The van der Waals surface area contributed by atoms with Crippen molar-refractivity contribution >= 4 is 11.9 Å². The quantitative estimate of drug-likeness (QED) is 0.896. The zero-order chi connectivity index (χ0) is 13.8. The summed E-state index contributed by atoms with van der Waals surface area (Å²) in [5, 5.41) is 2.58. The molecule has 0 aliphatic heterocycles. The van der Waals surface area contributed by atoms with Gasteiger partial charge in [0.15, 0.2) is 5.78 Å². The number of benzene rings is 1. The molecule has 0 aromatic heterocycles. The van der Waals surface area contributed by atoms with E-state index in [0.717, 1.165) is 5.56 Å². The van der Waals surface area contributed by atoms with Crippen molar-refractivity contribution < 1.29 is 14.3 Å². The molecule has 1 aromatic carbocycles. The molecule has 1 amide bonds. The second-order valence-corrected chi connectivity index (χ2v) is 5.09. The van der Waals surface area contributed by atoms with Crippen molar-refractivity contribution in [2.24, 2.45) is 5.41 Å². The fourth-order valence-corrected chi connectivity index (χ4v) is 1.56. The minimum absolute atomic E-state index is 0.0564. The first-order valence-electron chi connectivity index (χ1n) is 5.80. The molecule has 98 valence electrons. The molecule has 1 atom stereocenters. The standard InChI is InChI=1S/C14H19NO3/c1-14(2,3)12(16)11(15-13(17)18-4)10-8-6-5-7-9-10/h5-9,11H,1-4H3,(H,15,17)/t11-/m0/s1. The summed E-state index contributed by atoms with van der Waals surface area (Å²) in [4.78, 5) is 23.7. The van der Waals surface area contributed by atoms with Gasteiger partial charge in [-0.2, -0.15) is 0 Å². The number of carbonyl (C=O) groups excluding carboxylic acids is 2. The largest absolute Gasteiger partial charge is 0.453 e. The smallest absolute Gasteiger partial charge is 0.407 e. The van der Waals surface area contributed by atoms with E-state index in [1.54, 1.807) is 0 Å². The van der Waals surface area contributed by atoms with Crippen LogP contribution < -0.4 is 5.32 Å². The highest BCUT2D eigenvalue weighted by molar-refractivity contribution is 5.92. The van der Waals surface area contributed by atoms with E-state index in [9.17, 15) is 9.59 Å². The van der Waals surface area contributed by atoms with Gasteiger partial charge in [0.2, 0.25) is 0 Å². The maximum atomic E-state index is 12.3. The average Bonchev–Trinajstić information content (AvgIpc) is 2.34. The van der Waals surface area contributed by atoms with Gasteiger partial charge < -0.3 is 10.1 Å². The Kier molecular flexibility index (Phi) is 4.48. The van der Waals surface area contributed by atoms with Crippen molar-refractivity contribution in [3.63, 3.8) is 0 Å². The minimum Gasteiger partial charge on any atom is -0.453 e. The highest BCUT2D eigenvalue weighted by atomic mass is 16.5. The van der Waals surface area contributed by atoms with E-state index < -0.39 is 17.6 Å². The molecule has 4 nitrogen and oxygen atoms in total. The number of Topliss-reactive ketones (excluding diaryl/α,β-unsaturated/α-hetero) is 1. The number of carbonyl (C=O) groups is 2. The molecule has 4 heteroatoms. The van der Waals surface area contributed by atoms with E-state index in [1.807, 2.05) is 51.1 Å². The zero-order valence-corrected chi connectivity index (χ0v) is 11.2. The van der Waals surface area contributed by atoms with Crippen LogP contribution in [0.5, 0.6) is 0 Å². The molecule has 0 fully saturated rings. The summed E-state index contributed by atoms with van der Waals surface area (Å²) in [6.45, 7) is 5.47. The number of ether oxygens (including phenoxy) is 1. The first kappa shape index (κ1) is 14.2. The fourth-order valence-electron chi connectivity index (χ4n) is 1.56. The molecule has 18 heavy (non-hydrogen) atoms. The molecule has 0 radical (unpaired) electrons. The maximum Gasteiger partial charge on any atom is 0.407 e. The van der Waals surface area contributed by atoms with Gasteiger partial charge in [-0.3, -0.25) is 4.79 Å². The third kappa shape index (κ3) is 3.58. The summed E-state index contributed by atoms with van der Waals surface area (Å²) >= 11 is 0. The predicted octanol–water partition coefficient (Wildman–Crippen LogP) is 2.70. The summed E-state index contributed by atoms with van der Waals surface area (Å²) < 4.78 is 4.56. The number of hydrogen-bond acceptors (Lipinski definition) is 3. The molecule has 0 saturated carbocycles. The second kappa shape index (κ2) is 5.67. The fraction of sp³-hybridized carbons (Fsp3) is 0.429. The van der Waals surface area contributed by atoms with Crippen molar-refractivity contribution in [3.8, 4) is 0 Å². The van der Waals surface area contributed by atoms with Gasteiger partial charge in [0.05, 0.1) is 7.11 Å². The molecule has 0 unspecified atom stereocenters. The van der Waals surface area contributed by atoms with E-state index in [-0.39, 0.29) is 5.78 Å². The second-order valence-electron chi connectivity index (χ2n) is 5.09. The van der Waals surface area contributed by atoms with Crippen molar-refractivity contribution in [2.45, 2.75) is 26.8 Å². The highest BCUT2D eigenvalue weighted by Crippen LogP contribution is 2.25. The van der Waals surface area contributed by atoms with E-state index >= 15 is 0 Å². The van der Waals surface area contributed by atoms with Crippen LogP contribution >= 0.6 is 0 Å². The number of hydrogen-bond donors (Lipinski definition) is 1. The minimum atomic E-state index is -0.682. The Morgan fingerprint density at radius 3 is 2.17 bits per heavy atom. The highest BCUT2D eigenvalue weighted by Gasteiger charge is 2.31. The van der Waals surface area contributed by atoms with E-state index in [1.165, 1.54) is 7.11 Å². The Balaban J connectivity index is 3.04. The van der Waals surface area contributed by atoms with Crippen LogP contribution in [0.3, 0.4) is 0 Å². The molecule has 1 aromatic rings. The SMILES string of the molecule is COC(=O)N[C@H](C(=O)C(C)(C)C)c1ccccc1. The molecule has 1 rings (SSSR count). The third-order valence-corrected chi connectivity index (χ3v) is 2.58. The number of nitrogens with one attached hydrogen (secondary N) is 1. The van der Waals surface area contributed by atoms with Gasteiger partial charge in [-0.15, -0.1) is 0 Å². The Labute approximate surface area is 107 Å². The van der Waals surface area contributed by atoms with Crippen LogP contribution in [0.15, 0.2) is 30.3 Å². The molecule has 0 bridgehead atoms. The van der Waals surface area contributed by atoms with Crippen molar-refractivity contribution in [2.75, 3.05) is 7.11 Å². The Morgan fingerprint density at radius 2 is 1.72 bits per heavy atom. The number of amides is 1. The lowest BCUT2D eigenvalue weighted by molar-refractivity contribution is -0.128. The van der Waals surface area contributed by atoms with Crippen molar-refractivity contribution in [1.29, 1.82) is 0 Å². The lowest BCUT2D eigenvalue weighted by Crippen LogP contribution is -2.39. The Bertz CT molecular complexity index is 420. The molecule has 1 N–H and O–H groups in total. The third-order valence-electron chi connectivity index (χ3n) is 2.58. The predicted molar refractivity (Wildman–Crippen MR) is 69.2 cm³/mol. The van der Waals surface area contributed by atoms with Crippen LogP contribution in [-0.2, 0) is 9.53 Å². The van der Waals surface area contributed by atoms with Gasteiger partial charge in [0.25, 0.3) is 0 Å². The average molecular weight is 249 g/mol. The lowest BCUT2D eigenvalue weighted by Gasteiger charge is -2.25. The van der Waals surface area contributed by atoms with Crippen LogP contribution in [0.1, 0.15) is 32.4 Å². The molecule has 0 spiro atoms. The van der Waals surface area contributed by atoms with E-state index in [2.05, 4.69) is 10.1 Å². The molecule has 0 aliphatic carbocycles. The van der Waals surface area contributed by atoms with Gasteiger partial charge >= 0.3 is 6.09 Å². The molecular formula is C14H19NO3. The van der Waals surface area contributed by atoms with Gasteiger partial charge in [0, 0.05) is 5.41 Å². The summed E-state index contributed by atoms with van der Waals surface area (Å²) in [5.74, 6) is -0.0564. The number of alkyl carbamates (subject to hydrolysis) is 1. The van der Waals surface area contributed by atoms with Crippen LogP contribution in [0.25, 0.3) is 0 Å². The first-order valence-corrected chi connectivity index (χ1v) is 5.80. The Hall–Kier alpha value is -1.84. The van der Waals surface area contributed by atoms with Crippen LogP contribution in [-0.4, -0.2) is 19.0 Å². The van der Waals surface area contributed by atoms with Crippen LogP contribution in [0.4, 0.5) is 4.79 Å². The van der Waals surface area contributed by atoms with E-state index in [4.69, 9.17) is 0 Å². The van der Waals surface area contributed by atoms with Gasteiger partial charge in [-0.1, -0.05) is 51.1 Å². The van der Waals surface area contributed by atoms with Crippen LogP contribution in [0.2, 0.25) is 0 Å². The lowest BCUT2D eigenvalue weighted by atomic mass is 9.84. The molecule has 0 heterocycles. The normalized spacial score (nSPS) is 12.7. The number of methoxy groups -OCH3 is 1. The summed E-state index contributed by atoms with van der Waals surface area (Å²) in [6, 6.07) is 8.46. The zero-order valence-electron chi connectivity index (χ0n) is 11.2. The maximum absolute atomic E-state index is 12.3. The van der Waals surface area contributed by atoms with Crippen molar-refractivity contribution in [1.82, 2.24) is 5.32 Å². The van der Waals surface area contributed by atoms with Crippen molar-refractivity contribution in [3.05, 3.63) is 35.9 Å². The molecule has 0 aliphatic rings. The van der Waals surface area contributed by atoms with Crippen LogP contribution in [0, 0.1) is 5.41 Å². The monoisotopic (exact) mass is 249 g/mol. The van der Waals surface area contributed by atoms with Gasteiger partial charge in [0.1, 0.15) is 6.04 Å². The molecule has 0 saturated heterocycles. The summed E-state index contributed by atoms with van der Waals surface area (Å²) in [6.07, 6.45) is -0.610. The topological polar surface area (TPSA) is 55.4 Å². The summed E-state index contributed by atoms with van der Waals surface area (Å²) in [5.41, 5.74) is 0.212. The van der Waals surface area contributed by atoms with Gasteiger partial charge in [-0.05, 0) is 5.56 Å². The van der Waals surface area contributed by atoms with E-state index in [0.29, 0.717) is 0 Å². The summed E-state index contributed by atoms with van der Waals surface area (Å²) in [7, 11) is 1.28. The number of rotatable bonds is 3.